The molecule has 2 N–H and O–H groups in total. The van der Waals surface area contributed by atoms with Crippen LogP contribution in [0.4, 0.5) is 0 Å². The van der Waals surface area contributed by atoms with Crippen molar-refractivity contribution >= 4 is 11.0 Å². The van der Waals surface area contributed by atoms with E-state index in [1.807, 2.05) is 12.1 Å². The lowest BCUT2D eigenvalue weighted by Crippen LogP contribution is -2.41. The Balaban J connectivity index is 2.33. The first-order chi connectivity index (χ1) is 11.8. The molecular weight excluding hydrogens is 310 g/mol. The summed E-state index contributed by atoms with van der Waals surface area (Å²) in [4.78, 5) is 0. The molecule has 0 aliphatic heterocycles. The van der Waals surface area contributed by atoms with Crippen molar-refractivity contribution in [3.8, 4) is 5.75 Å². The van der Waals surface area contributed by atoms with Gasteiger partial charge in [0.05, 0.1) is 40.1 Å². The van der Waals surface area contributed by atoms with Crippen molar-refractivity contribution in [1.29, 1.82) is 0 Å². The molecule has 0 aliphatic rings. The van der Waals surface area contributed by atoms with E-state index in [1.165, 1.54) is 0 Å². The molecule has 0 saturated heterocycles. The third-order valence-corrected chi connectivity index (χ3v) is 3.98. The van der Waals surface area contributed by atoms with Gasteiger partial charge in [-0.15, -0.1) is 0 Å². The molecule has 0 spiro atoms. The number of imidazole rings is 1. The normalized spacial score (nSPS) is 11.3. The Morgan fingerprint density at radius 3 is 2.50 bits per heavy atom. The number of hydrogen-bond acceptors (Lipinski definition) is 5. The summed E-state index contributed by atoms with van der Waals surface area (Å²) in [5, 5.41) is 0. The van der Waals surface area contributed by atoms with E-state index in [0.717, 1.165) is 35.7 Å². The molecule has 7 heteroatoms. The molecule has 1 aromatic heterocycles. The number of methoxy groups -OCH3 is 3. The summed E-state index contributed by atoms with van der Waals surface area (Å²) in [6.45, 7) is 4.34. The fraction of sp³-hybridized carbons (Fsp3) is 0.588. The van der Waals surface area contributed by atoms with Gasteiger partial charge in [0.15, 0.2) is 11.0 Å². The van der Waals surface area contributed by atoms with Gasteiger partial charge in [-0.25, -0.2) is 9.13 Å². The van der Waals surface area contributed by atoms with Crippen molar-refractivity contribution in [2.75, 3.05) is 47.8 Å². The fourth-order valence-electron chi connectivity index (χ4n) is 2.80. The van der Waals surface area contributed by atoms with E-state index in [-0.39, 0.29) is 0 Å². The van der Waals surface area contributed by atoms with Crippen molar-refractivity contribution in [3.05, 3.63) is 24.0 Å². The molecule has 1 heterocycles. The minimum Gasteiger partial charge on any atom is -0.497 e. The van der Waals surface area contributed by atoms with Crippen LogP contribution in [0, 0.1) is 0 Å². The topological polar surface area (TPSA) is 71.8 Å². The number of ether oxygens (including phenoxy) is 4. The van der Waals surface area contributed by atoms with Crippen LogP contribution in [0.5, 0.6) is 5.75 Å². The lowest BCUT2D eigenvalue weighted by molar-refractivity contribution is -0.681. The monoisotopic (exact) mass is 338 g/mol. The van der Waals surface area contributed by atoms with Crippen molar-refractivity contribution in [2.45, 2.75) is 19.6 Å². The summed E-state index contributed by atoms with van der Waals surface area (Å²) >= 11 is 0. The Kier molecular flexibility index (Phi) is 7.45. The number of rotatable bonds is 11. The Labute approximate surface area is 142 Å². The van der Waals surface area contributed by atoms with Crippen molar-refractivity contribution in [2.24, 2.45) is 5.73 Å². The SMILES string of the molecule is COCCOCC[n+]1c(CN)n(CCOC)c2cc(OC)ccc21. The zero-order chi connectivity index (χ0) is 17.4. The lowest BCUT2D eigenvalue weighted by atomic mass is 10.3. The van der Waals surface area contributed by atoms with Crippen LogP contribution >= 0.6 is 0 Å². The summed E-state index contributed by atoms with van der Waals surface area (Å²) in [6, 6.07) is 6.06. The van der Waals surface area contributed by atoms with Gasteiger partial charge >= 0.3 is 0 Å². The third kappa shape index (κ3) is 4.24. The summed E-state index contributed by atoms with van der Waals surface area (Å²) in [5.41, 5.74) is 8.24. The molecule has 7 nitrogen and oxygen atoms in total. The number of fused-ring (bicyclic) bond motifs is 1. The fourth-order valence-corrected chi connectivity index (χ4v) is 2.80. The second-order valence-electron chi connectivity index (χ2n) is 5.38. The first kappa shape index (κ1) is 18.7. The summed E-state index contributed by atoms with van der Waals surface area (Å²) in [7, 11) is 5.04. The molecule has 0 saturated carbocycles. The molecule has 0 atom stereocenters. The minimum absolute atomic E-state index is 0.443. The Bertz CT molecular complexity index is 642. The van der Waals surface area contributed by atoms with Crippen LogP contribution < -0.4 is 15.0 Å². The molecule has 24 heavy (non-hydrogen) atoms. The standard InChI is InChI=1S/C17H28N3O4/c1-21-8-6-20-16-12-14(23-3)4-5-15(16)19(17(20)13-18)7-9-24-11-10-22-2/h4-5,12H,6-11,13,18H2,1-3H3/q+1. The molecular formula is C17H28N3O4+. The maximum absolute atomic E-state index is 6.03. The first-order valence-electron chi connectivity index (χ1n) is 8.11. The van der Waals surface area contributed by atoms with Crippen molar-refractivity contribution in [1.82, 2.24) is 4.57 Å². The molecule has 1 aromatic carbocycles. The number of aromatic nitrogens is 2. The van der Waals surface area contributed by atoms with Gasteiger partial charge in [-0.2, -0.15) is 0 Å². The molecule has 0 amide bonds. The average molecular weight is 338 g/mol. The number of hydrogen-bond donors (Lipinski definition) is 1. The Hall–Kier alpha value is -1.67. The number of benzene rings is 1. The molecule has 0 fully saturated rings. The Morgan fingerprint density at radius 2 is 1.83 bits per heavy atom. The van der Waals surface area contributed by atoms with E-state index in [0.29, 0.717) is 33.0 Å². The van der Waals surface area contributed by atoms with Crippen LogP contribution in [-0.4, -0.2) is 52.3 Å². The highest BCUT2D eigenvalue weighted by Gasteiger charge is 2.24. The van der Waals surface area contributed by atoms with Crippen molar-refractivity contribution in [3.63, 3.8) is 0 Å². The second kappa shape index (κ2) is 9.58. The van der Waals surface area contributed by atoms with Gasteiger partial charge in [0.2, 0.25) is 0 Å². The predicted molar refractivity (Wildman–Crippen MR) is 91.1 cm³/mol. The first-order valence-corrected chi connectivity index (χ1v) is 8.11. The van der Waals surface area contributed by atoms with Gasteiger partial charge in [-0.05, 0) is 12.1 Å². The third-order valence-electron chi connectivity index (χ3n) is 3.98. The highest BCUT2D eigenvalue weighted by atomic mass is 16.5. The van der Waals surface area contributed by atoms with E-state index in [9.17, 15) is 0 Å². The van der Waals surface area contributed by atoms with Gasteiger partial charge < -0.3 is 24.7 Å². The van der Waals surface area contributed by atoms with Crippen molar-refractivity contribution < 1.29 is 23.5 Å². The molecule has 134 valence electrons. The van der Waals surface area contributed by atoms with Gasteiger partial charge in [-0.3, -0.25) is 0 Å². The van der Waals surface area contributed by atoms with Gasteiger partial charge in [0.1, 0.15) is 18.8 Å². The molecule has 2 rings (SSSR count). The minimum atomic E-state index is 0.443. The lowest BCUT2D eigenvalue weighted by Gasteiger charge is -2.05. The van der Waals surface area contributed by atoms with Gasteiger partial charge in [0.25, 0.3) is 5.82 Å². The molecule has 0 bridgehead atoms. The second-order valence-corrected chi connectivity index (χ2v) is 5.38. The summed E-state index contributed by atoms with van der Waals surface area (Å²) < 4.78 is 25.6. The Morgan fingerprint density at radius 1 is 1.04 bits per heavy atom. The molecule has 0 aliphatic carbocycles. The predicted octanol–water partition coefficient (Wildman–Crippen LogP) is 0.706. The average Bonchev–Trinajstić information content (AvgIpc) is 2.91. The molecule has 0 radical (unpaired) electrons. The van der Waals surface area contributed by atoms with Gasteiger partial charge in [-0.1, -0.05) is 0 Å². The van der Waals surface area contributed by atoms with Crippen LogP contribution in [0.1, 0.15) is 5.82 Å². The van der Waals surface area contributed by atoms with Crippen LogP contribution in [0.25, 0.3) is 11.0 Å². The summed E-state index contributed by atoms with van der Waals surface area (Å²) in [6.07, 6.45) is 0. The molecule has 0 unspecified atom stereocenters. The van der Waals surface area contributed by atoms with Crippen LogP contribution in [0.2, 0.25) is 0 Å². The maximum Gasteiger partial charge on any atom is 0.271 e. The number of nitrogens with zero attached hydrogens (tertiary/aromatic N) is 2. The number of nitrogens with two attached hydrogens (primary N) is 1. The highest BCUT2D eigenvalue weighted by molar-refractivity contribution is 5.74. The van der Waals surface area contributed by atoms with Gasteiger partial charge in [0, 0.05) is 20.3 Å². The van der Waals surface area contributed by atoms with Crippen LogP contribution in [-0.2, 0) is 33.8 Å². The van der Waals surface area contributed by atoms with E-state index < -0.39 is 0 Å². The maximum atomic E-state index is 6.03. The largest absolute Gasteiger partial charge is 0.497 e. The smallest absolute Gasteiger partial charge is 0.271 e. The molecule has 2 aromatic rings. The van der Waals surface area contributed by atoms with E-state index in [4.69, 9.17) is 24.7 Å². The van der Waals surface area contributed by atoms with Crippen LogP contribution in [0.15, 0.2) is 18.2 Å². The van der Waals surface area contributed by atoms with E-state index in [1.54, 1.807) is 21.3 Å². The zero-order valence-corrected chi connectivity index (χ0v) is 14.8. The quantitative estimate of drug-likeness (QED) is 0.482. The van der Waals surface area contributed by atoms with E-state index in [2.05, 4.69) is 15.2 Å². The highest BCUT2D eigenvalue weighted by Crippen LogP contribution is 2.21. The van der Waals surface area contributed by atoms with Crippen LogP contribution in [0.3, 0.4) is 0 Å². The zero-order valence-electron chi connectivity index (χ0n) is 14.8. The van der Waals surface area contributed by atoms with E-state index >= 15 is 0 Å². The summed E-state index contributed by atoms with van der Waals surface area (Å²) in [5.74, 6) is 1.87.